The van der Waals surface area contributed by atoms with E-state index in [0.717, 1.165) is 37.9 Å². The molecule has 0 bridgehead atoms. The number of rotatable bonds is 0. The second-order valence-corrected chi connectivity index (χ2v) is 6.24. The minimum Gasteiger partial charge on any atom is -0.384 e. The molecule has 100 valence electrons. The Morgan fingerprint density at radius 2 is 2.16 bits per heavy atom. The summed E-state index contributed by atoms with van der Waals surface area (Å²) in [6, 6.07) is 0.0499. The number of carbonyl (C=O) groups is 1. The second-order valence-electron chi connectivity index (χ2n) is 6.24. The van der Waals surface area contributed by atoms with E-state index >= 15 is 0 Å². The maximum atomic E-state index is 12.6. The van der Waals surface area contributed by atoms with Crippen molar-refractivity contribution in [3.63, 3.8) is 0 Å². The van der Waals surface area contributed by atoms with Crippen LogP contribution in [0.2, 0.25) is 0 Å². The maximum absolute atomic E-state index is 12.6. The van der Waals surface area contributed by atoms with Crippen molar-refractivity contribution in [2.75, 3.05) is 20.1 Å². The van der Waals surface area contributed by atoms with Crippen LogP contribution in [0, 0.1) is 5.92 Å². The number of likely N-dealkylation sites (N-methyl/N-ethyl adjacent to an activating group) is 1. The molecule has 2 heterocycles. The average Bonchev–Trinajstić information content (AvgIpc) is 2.83. The van der Waals surface area contributed by atoms with Gasteiger partial charge in [-0.25, -0.2) is 0 Å². The highest BCUT2D eigenvalue weighted by molar-refractivity contribution is 6.02. The molecule has 4 rings (SSSR count). The molecule has 19 heavy (non-hydrogen) atoms. The molecule has 3 heteroatoms. The predicted octanol–water partition coefficient (Wildman–Crippen LogP) is 1.78. The van der Waals surface area contributed by atoms with E-state index < -0.39 is 0 Å². The summed E-state index contributed by atoms with van der Waals surface area (Å²) in [6.07, 6.45) is 5.51. The van der Waals surface area contributed by atoms with Crippen molar-refractivity contribution < 1.29 is 4.79 Å². The van der Waals surface area contributed by atoms with Crippen LogP contribution in [0.5, 0.6) is 0 Å². The lowest BCUT2D eigenvalue weighted by molar-refractivity contribution is -0.120. The van der Waals surface area contributed by atoms with E-state index in [4.69, 9.17) is 0 Å². The average molecular weight is 256 g/mol. The quantitative estimate of drug-likeness (QED) is 0.717. The highest BCUT2D eigenvalue weighted by Gasteiger charge is 2.41. The third-order valence-corrected chi connectivity index (χ3v) is 5.23. The van der Waals surface area contributed by atoms with Crippen LogP contribution in [-0.2, 0) is 4.79 Å². The molecule has 0 radical (unpaired) electrons. The highest BCUT2D eigenvalue weighted by Crippen LogP contribution is 2.46. The minimum absolute atomic E-state index is 0.0499. The second kappa shape index (κ2) is 3.83. The normalized spacial score (nSPS) is 34.0. The van der Waals surface area contributed by atoms with Crippen LogP contribution in [0.25, 0.3) is 0 Å². The molecule has 0 spiro atoms. The van der Waals surface area contributed by atoms with Crippen LogP contribution < -0.4 is 5.32 Å². The molecule has 1 N–H and O–H groups in total. The number of ketones is 1. The van der Waals surface area contributed by atoms with Gasteiger partial charge in [0.1, 0.15) is 0 Å². The first-order chi connectivity index (χ1) is 9.16. The molecule has 2 aliphatic heterocycles. The zero-order valence-corrected chi connectivity index (χ0v) is 11.6. The van der Waals surface area contributed by atoms with Gasteiger partial charge in [-0.15, -0.1) is 0 Å². The third kappa shape index (κ3) is 1.45. The monoisotopic (exact) mass is 256 g/mol. The van der Waals surface area contributed by atoms with Crippen molar-refractivity contribution in [2.45, 2.75) is 32.2 Å². The Hall–Kier alpha value is -1.35. The molecule has 0 aromatic carbocycles. The molecule has 0 aromatic heterocycles. The number of carbonyl (C=O) groups excluding carboxylic acids is 1. The fourth-order valence-corrected chi connectivity index (χ4v) is 4.06. The van der Waals surface area contributed by atoms with Crippen LogP contribution in [0.3, 0.4) is 0 Å². The molecule has 4 aliphatic rings. The van der Waals surface area contributed by atoms with E-state index in [0.29, 0.717) is 11.7 Å². The first kappa shape index (κ1) is 11.5. The summed E-state index contributed by atoms with van der Waals surface area (Å²) in [5.41, 5.74) is 6.86. The Labute approximate surface area is 114 Å². The molecule has 2 atom stereocenters. The van der Waals surface area contributed by atoms with Crippen molar-refractivity contribution >= 4 is 5.78 Å². The smallest absolute Gasteiger partial charge is 0.176 e. The summed E-state index contributed by atoms with van der Waals surface area (Å²) in [4.78, 5) is 14.8. The van der Waals surface area contributed by atoms with Gasteiger partial charge in [0.25, 0.3) is 0 Å². The van der Waals surface area contributed by atoms with E-state index in [-0.39, 0.29) is 6.04 Å². The maximum Gasteiger partial charge on any atom is 0.176 e. The van der Waals surface area contributed by atoms with Crippen molar-refractivity contribution in [3.8, 4) is 0 Å². The third-order valence-electron chi connectivity index (χ3n) is 5.23. The van der Waals surface area contributed by atoms with Crippen molar-refractivity contribution in [2.24, 2.45) is 5.92 Å². The van der Waals surface area contributed by atoms with Gasteiger partial charge in [-0.05, 0) is 50.0 Å². The topological polar surface area (TPSA) is 32.3 Å². The van der Waals surface area contributed by atoms with Gasteiger partial charge in [0.05, 0.1) is 6.04 Å². The SMILES string of the molecule is CC1C(=O)C2=C(CN1C)C1=C3C(=CCC1)NCC3C2. The minimum atomic E-state index is 0.0499. The number of Topliss-reactive ketones (excluding diaryl/α,β-unsaturated/α-hetero) is 1. The summed E-state index contributed by atoms with van der Waals surface area (Å²) in [5.74, 6) is 0.901. The molecule has 0 aromatic rings. The standard InChI is InChI=1S/C16H20N2O/c1-9-16(19)12-6-10-7-17-14-5-3-4-11(15(10)14)13(12)8-18(9)2/h5,9-10,17H,3-4,6-8H2,1-2H3. The summed E-state index contributed by atoms with van der Waals surface area (Å²) in [5, 5.41) is 3.53. The van der Waals surface area contributed by atoms with Crippen molar-refractivity contribution in [1.82, 2.24) is 10.2 Å². The summed E-state index contributed by atoms with van der Waals surface area (Å²) >= 11 is 0. The lowest BCUT2D eigenvalue weighted by Gasteiger charge is -2.38. The van der Waals surface area contributed by atoms with Gasteiger partial charge in [-0.1, -0.05) is 6.08 Å². The van der Waals surface area contributed by atoms with E-state index in [1.54, 1.807) is 0 Å². The first-order valence-electron chi connectivity index (χ1n) is 7.31. The van der Waals surface area contributed by atoms with Gasteiger partial charge in [0.15, 0.2) is 5.78 Å². The Morgan fingerprint density at radius 1 is 1.32 bits per heavy atom. The van der Waals surface area contributed by atoms with E-state index in [9.17, 15) is 4.79 Å². The largest absolute Gasteiger partial charge is 0.384 e. The molecule has 0 saturated carbocycles. The zero-order chi connectivity index (χ0) is 13.1. The molecular formula is C16H20N2O. The van der Waals surface area contributed by atoms with Crippen LogP contribution in [-0.4, -0.2) is 36.9 Å². The fourth-order valence-electron chi connectivity index (χ4n) is 4.06. The summed E-state index contributed by atoms with van der Waals surface area (Å²) in [7, 11) is 2.07. The Bertz CT molecular complexity index is 567. The van der Waals surface area contributed by atoms with E-state index in [1.165, 1.54) is 22.4 Å². The van der Waals surface area contributed by atoms with Crippen LogP contribution in [0.4, 0.5) is 0 Å². The first-order valence-corrected chi connectivity index (χ1v) is 7.31. The Morgan fingerprint density at radius 3 is 3.00 bits per heavy atom. The molecule has 3 nitrogen and oxygen atoms in total. The molecule has 0 amide bonds. The molecule has 2 aliphatic carbocycles. The van der Waals surface area contributed by atoms with E-state index in [2.05, 4.69) is 23.3 Å². The number of hydrogen-bond acceptors (Lipinski definition) is 3. The molecule has 1 fully saturated rings. The summed E-state index contributed by atoms with van der Waals surface area (Å²) < 4.78 is 0. The lowest BCUT2D eigenvalue weighted by Crippen LogP contribution is -2.44. The number of fused-ring (bicyclic) bond motifs is 1. The predicted molar refractivity (Wildman–Crippen MR) is 74.6 cm³/mol. The summed E-state index contributed by atoms with van der Waals surface area (Å²) in [6.45, 7) is 4.00. The molecule has 2 unspecified atom stereocenters. The number of nitrogens with one attached hydrogen (secondary N) is 1. The van der Waals surface area contributed by atoms with E-state index in [1.807, 2.05) is 6.92 Å². The number of hydrogen-bond donors (Lipinski definition) is 1. The molecular weight excluding hydrogens is 236 g/mol. The van der Waals surface area contributed by atoms with Gasteiger partial charge >= 0.3 is 0 Å². The fraction of sp³-hybridized carbons (Fsp3) is 0.562. The van der Waals surface area contributed by atoms with Crippen LogP contribution in [0.1, 0.15) is 26.2 Å². The van der Waals surface area contributed by atoms with Gasteiger partial charge in [0, 0.05) is 30.3 Å². The number of nitrogens with zero attached hydrogens (tertiary/aromatic N) is 1. The van der Waals surface area contributed by atoms with Gasteiger partial charge in [-0.2, -0.15) is 0 Å². The number of allylic oxidation sites excluding steroid dienone is 2. The Kier molecular flexibility index (Phi) is 2.31. The van der Waals surface area contributed by atoms with Crippen molar-refractivity contribution in [1.29, 1.82) is 0 Å². The zero-order valence-electron chi connectivity index (χ0n) is 11.6. The highest BCUT2D eigenvalue weighted by atomic mass is 16.1. The van der Waals surface area contributed by atoms with Crippen LogP contribution >= 0.6 is 0 Å². The van der Waals surface area contributed by atoms with Crippen LogP contribution in [0.15, 0.2) is 34.1 Å². The lowest BCUT2D eigenvalue weighted by atomic mass is 9.72. The van der Waals surface area contributed by atoms with Crippen molar-refractivity contribution in [3.05, 3.63) is 34.1 Å². The Balaban J connectivity index is 1.87. The van der Waals surface area contributed by atoms with Gasteiger partial charge < -0.3 is 5.32 Å². The molecule has 1 saturated heterocycles. The van der Waals surface area contributed by atoms with Gasteiger partial charge in [0.2, 0.25) is 0 Å². The van der Waals surface area contributed by atoms with Gasteiger partial charge in [-0.3, -0.25) is 9.69 Å².